The topological polar surface area (TPSA) is 20.2 Å². The van der Waals surface area contributed by atoms with Crippen molar-refractivity contribution in [3.8, 4) is 0 Å². The van der Waals surface area contributed by atoms with Gasteiger partial charge in [-0.05, 0) is 54.5 Å². The van der Waals surface area contributed by atoms with Gasteiger partial charge < -0.3 is 5.11 Å². The van der Waals surface area contributed by atoms with Gasteiger partial charge in [0.05, 0.1) is 8.07 Å². The van der Waals surface area contributed by atoms with Crippen LogP contribution in [-0.4, -0.2) is 64.6 Å². The van der Waals surface area contributed by atoms with Crippen LogP contribution in [0.25, 0.3) is 0 Å². The van der Waals surface area contributed by atoms with Gasteiger partial charge in [-0.25, -0.2) is 0 Å². The van der Waals surface area contributed by atoms with E-state index in [2.05, 4.69) is 101 Å². The minimum absolute atomic E-state index is 0. The van der Waals surface area contributed by atoms with Gasteiger partial charge in [0, 0.05) is 5.54 Å². The van der Waals surface area contributed by atoms with E-state index < -0.39 is 14.2 Å². The molecule has 4 aromatic carbocycles. The normalized spacial score (nSPS) is 15.2. The molecule has 1 aliphatic carbocycles. The summed E-state index contributed by atoms with van der Waals surface area (Å²) in [4.78, 5) is 0. The first kappa shape index (κ1) is 32.7. The summed E-state index contributed by atoms with van der Waals surface area (Å²) in [5, 5.41) is 11.7. The maximum atomic E-state index is 9.99. The Morgan fingerprint density at radius 3 is 1.18 bits per heavy atom. The molecule has 5 rings (SSSR count). The minimum atomic E-state index is -1.75. The molecule has 202 valence electrons. The molecule has 0 aromatic heterocycles. The number of rotatable bonds is 6. The maximum absolute atomic E-state index is 9.99. The van der Waals surface area contributed by atoms with Gasteiger partial charge in [0.1, 0.15) is 6.10 Å². The third-order valence-electron chi connectivity index (χ3n) is 8.55. The average molecular weight is 571 g/mol. The zero-order valence-corrected chi connectivity index (χ0v) is 25.2. The Hall–Kier alpha value is -1.83. The van der Waals surface area contributed by atoms with E-state index in [0.717, 1.165) is 11.1 Å². The van der Waals surface area contributed by atoms with Crippen LogP contribution in [0.15, 0.2) is 143 Å². The molecule has 0 bridgehead atoms. The van der Waals surface area contributed by atoms with Crippen LogP contribution in [0.4, 0.5) is 0 Å². The zero-order chi connectivity index (χ0) is 28.0. The Labute approximate surface area is 285 Å². The monoisotopic (exact) mass is 570 g/mol. The van der Waals surface area contributed by atoms with Crippen LogP contribution >= 0.6 is 0 Å². The summed E-state index contributed by atoms with van der Waals surface area (Å²) >= 11 is 0. The molecule has 0 aliphatic heterocycles. The van der Waals surface area contributed by atoms with Crippen LogP contribution in [-0.2, 0) is 0 Å². The summed E-state index contributed by atoms with van der Waals surface area (Å²) in [6, 6.07) is 41.6. The second-order valence-electron chi connectivity index (χ2n) is 11.3. The fourth-order valence-corrected chi connectivity index (χ4v) is 11.2. The number of allylic oxidation sites excluding steroid dienone is 4. The van der Waals surface area contributed by atoms with E-state index in [1.807, 2.05) is 60.7 Å². The van der Waals surface area contributed by atoms with Gasteiger partial charge in [0.15, 0.2) is 0 Å². The van der Waals surface area contributed by atoms with E-state index in [4.69, 9.17) is 0 Å². The van der Waals surface area contributed by atoms with Crippen molar-refractivity contribution in [2.24, 2.45) is 5.92 Å². The van der Waals surface area contributed by atoms with Crippen LogP contribution in [0.1, 0.15) is 61.6 Å². The molecular weight excluding hydrogens is 528 g/mol. The van der Waals surface area contributed by atoms with E-state index in [9.17, 15) is 5.11 Å². The van der Waals surface area contributed by atoms with E-state index in [-0.39, 0.29) is 51.4 Å². The van der Waals surface area contributed by atoms with Crippen molar-refractivity contribution in [2.45, 2.75) is 52.4 Å². The molecule has 0 saturated carbocycles. The summed E-state index contributed by atoms with van der Waals surface area (Å²) in [5.41, 5.74) is 9.90. The van der Waals surface area contributed by atoms with Crippen LogP contribution in [0.3, 0.4) is 0 Å². The van der Waals surface area contributed by atoms with Crippen molar-refractivity contribution in [1.29, 1.82) is 0 Å². The van der Waals surface area contributed by atoms with Crippen LogP contribution in [0.2, 0.25) is 13.1 Å². The average Bonchev–Trinajstić information content (AvgIpc) is 3.17. The number of aliphatic hydroxyl groups excluding tert-OH is 1. The van der Waals surface area contributed by atoms with Gasteiger partial charge in [-0.2, -0.15) is 0 Å². The van der Waals surface area contributed by atoms with Crippen LogP contribution in [0, 0.1) is 5.92 Å². The molecule has 1 aliphatic rings. The number of aliphatic hydroxyl groups is 1. The third kappa shape index (κ3) is 7.32. The fourth-order valence-electron chi connectivity index (χ4n) is 6.34. The Morgan fingerprint density at radius 1 is 0.550 bits per heavy atom. The van der Waals surface area contributed by atoms with Crippen molar-refractivity contribution >= 4 is 59.5 Å². The molecule has 0 heterocycles. The SMILES string of the molecule is CC1=C(C)C(C)C([Si](C)(C)C(c2ccccc2)c2ccccc2)=C1C.OC(c1ccccc1)c1ccccc1.[KH]. The van der Waals surface area contributed by atoms with Crippen molar-refractivity contribution in [2.75, 3.05) is 0 Å². The molecule has 1 atom stereocenters. The summed E-state index contributed by atoms with van der Waals surface area (Å²) < 4.78 is 0. The number of hydrogen-bond donors (Lipinski definition) is 1. The van der Waals surface area contributed by atoms with E-state index in [1.165, 1.54) is 16.7 Å². The van der Waals surface area contributed by atoms with Gasteiger partial charge in [-0.3, -0.25) is 0 Å². The van der Waals surface area contributed by atoms with Crippen molar-refractivity contribution < 1.29 is 5.11 Å². The first-order chi connectivity index (χ1) is 18.7. The van der Waals surface area contributed by atoms with Gasteiger partial charge in [0.2, 0.25) is 0 Å². The third-order valence-corrected chi connectivity index (χ3v) is 12.9. The molecule has 0 radical (unpaired) electrons. The molecular formula is C37H43KOSi. The molecule has 0 saturated heterocycles. The molecule has 0 fully saturated rings. The van der Waals surface area contributed by atoms with Gasteiger partial charge in [-0.15, -0.1) is 0 Å². The molecule has 1 unspecified atom stereocenters. The second-order valence-corrected chi connectivity index (χ2v) is 15.8. The van der Waals surface area contributed by atoms with Crippen LogP contribution < -0.4 is 0 Å². The molecule has 0 spiro atoms. The summed E-state index contributed by atoms with van der Waals surface area (Å²) in [5.74, 6) is 0.580. The van der Waals surface area contributed by atoms with E-state index in [0.29, 0.717) is 11.5 Å². The molecule has 1 N–H and O–H groups in total. The first-order valence-corrected chi connectivity index (χ1v) is 17.1. The van der Waals surface area contributed by atoms with Gasteiger partial charge in [-0.1, -0.05) is 158 Å². The zero-order valence-electron chi connectivity index (χ0n) is 24.2. The number of benzene rings is 4. The van der Waals surface area contributed by atoms with Crippen molar-refractivity contribution in [1.82, 2.24) is 0 Å². The Bertz CT molecular complexity index is 1330. The fraction of sp³-hybridized carbons (Fsp3) is 0.243. The predicted molar refractivity (Wildman–Crippen MR) is 177 cm³/mol. The Balaban J connectivity index is 0.000000250. The Kier molecular flexibility index (Phi) is 12.2. The molecule has 40 heavy (non-hydrogen) atoms. The number of hydrogen-bond acceptors (Lipinski definition) is 1. The van der Waals surface area contributed by atoms with E-state index >= 15 is 0 Å². The van der Waals surface area contributed by atoms with Crippen LogP contribution in [0.5, 0.6) is 0 Å². The summed E-state index contributed by atoms with van der Waals surface area (Å²) in [6.45, 7) is 14.5. The molecule has 0 amide bonds. The van der Waals surface area contributed by atoms with Crippen molar-refractivity contribution in [3.63, 3.8) is 0 Å². The second kappa shape index (κ2) is 14.9. The standard InChI is InChI=1S/C24H30Si.C13H12O.K.H/c1-17-18(2)20(4)23(19(17)3)25(5,6)24(21-13-9-7-10-14-21)22-15-11-8-12-16-22;14-13(11-7-3-1-4-8-11)12-9-5-2-6-10-12;;/h7-16,19,24H,1-6H3;1-10,13-14H;;. The summed E-state index contributed by atoms with van der Waals surface area (Å²) in [6.07, 6.45) is -0.516. The Morgan fingerprint density at radius 2 is 0.875 bits per heavy atom. The molecule has 1 nitrogen and oxygen atoms in total. The summed E-state index contributed by atoms with van der Waals surface area (Å²) in [7, 11) is -1.75. The quantitative estimate of drug-likeness (QED) is 0.229. The van der Waals surface area contributed by atoms with E-state index in [1.54, 1.807) is 16.3 Å². The molecule has 3 heteroatoms. The predicted octanol–water partition coefficient (Wildman–Crippen LogP) is 9.03. The molecule has 4 aromatic rings. The van der Waals surface area contributed by atoms with Gasteiger partial charge in [0.25, 0.3) is 0 Å². The van der Waals surface area contributed by atoms with Gasteiger partial charge >= 0.3 is 51.4 Å². The first-order valence-electron chi connectivity index (χ1n) is 14.0. The van der Waals surface area contributed by atoms with Crippen molar-refractivity contribution in [3.05, 3.63) is 165 Å².